The van der Waals surface area contributed by atoms with Crippen LogP contribution in [-0.2, 0) is 15.1 Å². The molecule has 2 amide bonds. The standard InChI is InChI=1S/C39H38BrF4N3O3S/c1-37(2,41)24-32(47-38(21-10-22-48,39(42,43)44)29-17-19-30(40)20-18-29)35(49)46-33(25-51)36(50)45-31-16-9-15-28(23-31)34(26-11-5-3-6-12-26)27-13-7-4-8-14-27/h3-9,11-20,23,32-34,47-48,51H,22,24-25H2,1-2H3,(H,45,50)(H,46,49)/t32-,33-,38-/m0/s1. The van der Waals surface area contributed by atoms with Crippen molar-refractivity contribution in [1.29, 1.82) is 0 Å². The largest absolute Gasteiger partial charge is 0.422 e. The van der Waals surface area contributed by atoms with Crippen molar-refractivity contribution in [1.82, 2.24) is 10.6 Å². The molecule has 4 rings (SSSR count). The van der Waals surface area contributed by atoms with Crippen LogP contribution in [0.25, 0.3) is 0 Å². The van der Waals surface area contributed by atoms with E-state index in [1.54, 1.807) is 12.1 Å². The fourth-order valence-corrected chi connectivity index (χ4v) is 6.22. The minimum atomic E-state index is -5.13. The summed E-state index contributed by atoms with van der Waals surface area (Å²) in [6, 6.07) is 28.8. The molecule has 0 aliphatic carbocycles. The molecule has 0 heterocycles. The van der Waals surface area contributed by atoms with E-state index in [1.165, 1.54) is 12.1 Å². The van der Waals surface area contributed by atoms with Gasteiger partial charge in [-0.25, -0.2) is 4.39 Å². The summed E-state index contributed by atoms with van der Waals surface area (Å²) in [7, 11) is 0. The number of anilines is 1. The molecule has 4 aromatic carbocycles. The van der Waals surface area contributed by atoms with E-state index in [0.717, 1.165) is 42.7 Å². The molecule has 268 valence electrons. The summed E-state index contributed by atoms with van der Waals surface area (Å²) >= 11 is 7.44. The number of alkyl halides is 4. The Balaban J connectivity index is 1.62. The molecule has 12 heteroatoms. The first kappa shape index (κ1) is 39.6. The summed E-state index contributed by atoms with van der Waals surface area (Å²) in [6.45, 7) is 1.34. The summed E-state index contributed by atoms with van der Waals surface area (Å²) in [5, 5.41) is 16.9. The molecule has 0 bridgehead atoms. The highest BCUT2D eigenvalue weighted by Crippen LogP contribution is 2.40. The highest BCUT2D eigenvalue weighted by Gasteiger charge is 2.57. The van der Waals surface area contributed by atoms with E-state index in [0.29, 0.717) is 10.2 Å². The van der Waals surface area contributed by atoms with Crippen molar-refractivity contribution in [2.24, 2.45) is 0 Å². The van der Waals surface area contributed by atoms with Crippen molar-refractivity contribution in [2.45, 2.75) is 55.7 Å². The van der Waals surface area contributed by atoms with Gasteiger partial charge in [-0.1, -0.05) is 113 Å². The van der Waals surface area contributed by atoms with Gasteiger partial charge in [0.2, 0.25) is 17.4 Å². The molecule has 6 nitrogen and oxygen atoms in total. The number of nitrogens with one attached hydrogen (secondary N) is 3. The molecular formula is C39H38BrF4N3O3S. The second-order valence-corrected chi connectivity index (χ2v) is 13.7. The zero-order valence-corrected chi connectivity index (χ0v) is 30.3. The second kappa shape index (κ2) is 17.4. The van der Waals surface area contributed by atoms with Crippen molar-refractivity contribution in [3.63, 3.8) is 0 Å². The topological polar surface area (TPSA) is 90.5 Å². The Morgan fingerprint density at radius 1 is 0.804 bits per heavy atom. The van der Waals surface area contributed by atoms with Gasteiger partial charge in [0.05, 0.1) is 6.04 Å². The zero-order valence-electron chi connectivity index (χ0n) is 27.8. The van der Waals surface area contributed by atoms with Gasteiger partial charge in [-0.05, 0) is 60.4 Å². The molecule has 0 unspecified atom stereocenters. The van der Waals surface area contributed by atoms with Gasteiger partial charge < -0.3 is 15.7 Å². The fraction of sp³-hybridized carbons (Fsp3) is 0.282. The average molecular weight is 785 g/mol. The zero-order chi connectivity index (χ0) is 37.2. The van der Waals surface area contributed by atoms with Crippen LogP contribution in [0.1, 0.15) is 48.4 Å². The fourth-order valence-electron chi connectivity index (χ4n) is 5.70. The summed E-state index contributed by atoms with van der Waals surface area (Å²) in [6.07, 6.45) is -5.85. The molecular weight excluding hydrogens is 746 g/mol. The summed E-state index contributed by atoms with van der Waals surface area (Å²) in [4.78, 5) is 27.3. The number of benzene rings is 4. The highest BCUT2D eigenvalue weighted by atomic mass is 79.9. The maximum Gasteiger partial charge on any atom is 0.422 e. The first-order valence-corrected chi connectivity index (χ1v) is 17.4. The lowest BCUT2D eigenvalue weighted by molar-refractivity contribution is -0.185. The monoisotopic (exact) mass is 783 g/mol. The number of halogens is 5. The molecule has 4 aromatic rings. The third-order valence-electron chi connectivity index (χ3n) is 8.02. The minimum Gasteiger partial charge on any atom is -0.384 e. The predicted octanol–water partition coefficient (Wildman–Crippen LogP) is 7.53. The lowest BCUT2D eigenvalue weighted by Gasteiger charge is -2.37. The van der Waals surface area contributed by atoms with Crippen molar-refractivity contribution in [3.8, 4) is 11.8 Å². The quantitative estimate of drug-likeness (QED) is 0.0420. The SMILES string of the molecule is CC(C)(F)C[C@H](N[C@@](C#CCO)(c1ccc(Br)cc1)C(F)(F)F)C(=O)N[C@@H](CS)C(=O)Nc1cccc(C(c2ccccc2)c2ccccc2)c1. The van der Waals surface area contributed by atoms with Crippen LogP contribution in [0.4, 0.5) is 23.2 Å². The number of amides is 2. The number of aliphatic hydroxyl groups is 1. The number of thiol groups is 1. The Labute approximate surface area is 309 Å². The minimum absolute atomic E-state index is 0.158. The van der Waals surface area contributed by atoms with Crippen LogP contribution >= 0.6 is 28.6 Å². The molecule has 0 aliphatic heterocycles. The van der Waals surface area contributed by atoms with E-state index in [1.807, 2.05) is 78.7 Å². The van der Waals surface area contributed by atoms with Gasteiger partial charge in [-0.15, -0.1) is 0 Å². The Bertz CT molecular complexity index is 1790. The lowest BCUT2D eigenvalue weighted by atomic mass is 9.85. The van der Waals surface area contributed by atoms with Crippen LogP contribution < -0.4 is 16.0 Å². The third-order valence-corrected chi connectivity index (χ3v) is 8.92. The van der Waals surface area contributed by atoms with Crippen LogP contribution in [0, 0.1) is 11.8 Å². The number of hydrogen-bond donors (Lipinski definition) is 5. The maximum absolute atomic E-state index is 15.1. The van der Waals surface area contributed by atoms with E-state index in [2.05, 4.69) is 50.4 Å². The van der Waals surface area contributed by atoms with E-state index >= 15 is 4.39 Å². The molecule has 0 radical (unpaired) electrons. The number of carbonyl (C=O) groups is 2. The van der Waals surface area contributed by atoms with Crippen molar-refractivity contribution in [2.75, 3.05) is 17.7 Å². The number of carbonyl (C=O) groups excluding carboxylic acids is 2. The molecule has 0 spiro atoms. The van der Waals surface area contributed by atoms with Gasteiger partial charge in [0, 0.05) is 28.3 Å². The van der Waals surface area contributed by atoms with Gasteiger partial charge in [-0.3, -0.25) is 14.9 Å². The summed E-state index contributed by atoms with van der Waals surface area (Å²) in [5.41, 5.74) is -2.33. The number of aliphatic hydroxyl groups excluding tert-OH is 1. The Morgan fingerprint density at radius 2 is 1.37 bits per heavy atom. The van der Waals surface area contributed by atoms with Gasteiger partial charge >= 0.3 is 6.18 Å². The Morgan fingerprint density at radius 3 is 1.88 bits per heavy atom. The van der Waals surface area contributed by atoms with E-state index in [9.17, 15) is 27.9 Å². The van der Waals surface area contributed by atoms with Crippen LogP contribution in [0.3, 0.4) is 0 Å². The molecule has 51 heavy (non-hydrogen) atoms. The lowest BCUT2D eigenvalue weighted by Crippen LogP contribution is -2.62. The molecule has 3 atom stereocenters. The summed E-state index contributed by atoms with van der Waals surface area (Å²) < 4.78 is 60.6. The Hall–Kier alpha value is -4.15. The maximum atomic E-state index is 15.1. The van der Waals surface area contributed by atoms with Crippen molar-refractivity contribution < 1.29 is 32.3 Å². The molecule has 0 saturated carbocycles. The van der Waals surface area contributed by atoms with Gasteiger partial charge in [0.15, 0.2) is 0 Å². The van der Waals surface area contributed by atoms with Crippen molar-refractivity contribution in [3.05, 3.63) is 136 Å². The molecule has 0 fully saturated rings. The van der Waals surface area contributed by atoms with Crippen molar-refractivity contribution >= 4 is 46.1 Å². The smallest absolute Gasteiger partial charge is 0.384 e. The first-order chi connectivity index (χ1) is 24.2. The number of rotatable bonds is 13. The molecule has 0 aromatic heterocycles. The van der Waals surface area contributed by atoms with Gasteiger partial charge in [0.1, 0.15) is 18.3 Å². The second-order valence-electron chi connectivity index (χ2n) is 12.4. The van der Waals surface area contributed by atoms with Gasteiger partial charge in [0.25, 0.3) is 0 Å². The van der Waals surface area contributed by atoms with Crippen LogP contribution in [0.15, 0.2) is 114 Å². The summed E-state index contributed by atoms with van der Waals surface area (Å²) in [5.74, 6) is 1.96. The molecule has 0 aliphatic rings. The third kappa shape index (κ3) is 10.5. The number of hydrogen-bond acceptors (Lipinski definition) is 5. The highest BCUT2D eigenvalue weighted by molar-refractivity contribution is 9.10. The van der Waals surface area contributed by atoms with E-state index < -0.39 is 54.3 Å². The Kier molecular flexibility index (Phi) is 13.5. The first-order valence-electron chi connectivity index (χ1n) is 16.0. The van der Waals surface area contributed by atoms with E-state index in [4.69, 9.17) is 0 Å². The predicted molar refractivity (Wildman–Crippen MR) is 198 cm³/mol. The normalized spacial score (nSPS) is 14.1. The van der Waals surface area contributed by atoms with Gasteiger partial charge in [-0.2, -0.15) is 25.8 Å². The van der Waals surface area contributed by atoms with Crippen LogP contribution in [0.5, 0.6) is 0 Å². The molecule has 0 saturated heterocycles. The van der Waals surface area contributed by atoms with Crippen LogP contribution in [-0.4, -0.2) is 53.2 Å². The van der Waals surface area contributed by atoms with E-state index in [-0.39, 0.29) is 17.2 Å². The van der Waals surface area contributed by atoms with Crippen LogP contribution in [0.2, 0.25) is 0 Å². The average Bonchev–Trinajstić information content (AvgIpc) is 3.09. The molecule has 4 N–H and O–H groups in total.